The number of para-hydroxylation sites is 1. The molecule has 0 N–H and O–H groups in total. The van der Waals surface area contributed by atoms with Gasteiger partial charge < -0.3 is 0 Å². The topological polar surface area (TPSA) is 64.5 Å². The summed E-state index contributed by atoms with van der Waals surface area (Å²) >= 11 is 0. The van der Waals surface area contributed by atoms with Crippen LogP contribution in [0, 0.1) is 0 Å². The highest BCUT2D eigenvalue weighted by Gasteiger charge is 2.17. The molecule has 7 aromatic carbocycles. The third-order valence-corrected chi connectivity index (χ3v) is 9.66. The first-order valence-electron chi connectivity index (χ1n) is 17.3. The average molecular weight is 664 g/mol. The van der Waals surface area contributed by atoms with E-state index >= 15 is 0 Å². The standard InChI is InChI=1S/C47H29N5/c1-3-12-33-23-36(19-17-30(33)9-1)45-50-46(37-20-18-31-10-2-4-13-34(31)24-37)52-47(51-45)41-26-39(43-22-21-32-11-7-8-16-42(32)49-43)25-40(27-41)44-28-35-14-5-6-15-38(35)29-48-44/h1-29H. The Morgan fingerprint density at radius 3 is 1.37 bits per heavy atom. The minimum absolute atomic E-state index is 0.575. The van der Waals surface area contributed by atoms with Gasteiger partial charge in [0.05, 0.1) is 16.9 Å². The normalized spacial score (nSPS) is 11.5. The Morgan fingerprint density at radius 1 is 0.269 bits per heavy atom. The molecule has 0 saturated carbocycles. The van der Waals surface area contributed by atoms with Crippen LogP contribution >= 0.6 is 0 Å². The van der Waals surface area contributed by atoms with Gasteiger partial charge in [0.25, 0.3) is 0 Å². The van der Waals surface area contributed by atoms with Crippen LogP contribution in [0.25, 0.3) is 99.9 Å². The van der Waals surface area contributed by atoms with Crippen LogP contribution in [0.1, 0.15) is 0 Å². The number of nitrogens with zero attached hydrogens (tertiary/aromatic N) is 5. The molecule has 0 amide bonds. The molecule has 0 aliphatic heterocycles. The summed E-state index contributed by atoms with van der Waals surface area (Å²) in [6.45, 7) is 0. The quantitative estimate of drug-likeness (QED) is 0.183. The first-order chi connectivity index (χ1) is 25.7. The summed E-state index contributed by atoms with van der Waals surface area (Å²) in [6, 6.07) is 58.7. The molecule has 3 heterocycles. The van der Waals surface area contributed by atoms with Crippen molar-refractivity contribution in [1.82, 2.24) is 24.9 Å². The molecule has 0 saturated heterocycles. The van der Waals surface area contributed by atoms with Crippen molar-refractivity contribution in [2.24, 2.45) is 0 Å². The van der Waals surface area contributed by atoms with Gasteiger partial charge in [-0.2, -0.15) is 0 Å². The van der Waals surface area contributed by atoms with Gasteiger partial charge in [0.2, 0.25) is 0 Å². The van der Waals surface area contributed by atoms with E-state index in [1.165, 1.54) is 10.8 Å². The molecule has 0 atom stereocenters. The lowest BCUT2D eigenvalue weighted by atomic mass is 9.99. The Labute approximate surface area is 300 Å². The minimum atomic E-state index is 0.575. The Kier molecular flexibility index (Phi) is 7.07. The molecule has 10 aromatic rings. The highest BCUT2D eigenvalue weighted by molar-refractivity contribution is 5.90. The molecule has 0 fully saturated rings. The number of hydrogen-bond donors (Lipinski definition) is 0. The van der Waals surface area contributed by atoms with Gasteiger partial charge in [0.15, 0.2) is 17.5 Å². The Balaban J connectivity index is 1.21. The van der Waals surface area contributed by atoms with Gasteiger partial charge in [-0.05, 0) is 75.5 Å². The van der Waals surface area contributed by atoms with E-state index in [-0.39, 0.29) is 0 Å². The fraction of sp³-hybridized carbons (Fsp3) is 0. The first-order valence-corrected chi connectivity index (χ1v) is 17.3. The van der Waals surface area contributed by atoms with Gasteiger partial charge >= 0.3 is 0 Å². The molecule has 242 valence electrons. The van der Waals surface area contributed by atoms with Crippen molar-refractivity contribution in [1.29, 1.82) is 0 Å². The van der Waals surface area contributed by atoms with Crippen molar-refractivity contribution >= 4 is 43.2 Å². The predicted molar refractivity (Wildman–Crippen MR) is 213 cm³/mol. The monoisotopic (exact) mass is 663 g/mol. The number of hydrogen-bond acceptors (Lipinski definition) is 5. The zero-order valence-corrected chi connectivity index (χ0v) is 28.0. The molecule has 52 heavy (non-hydrogen) atoms. The molecule has 0 aliphatic rings. The summed E-state index contributed by atoms with van der Waals surface area (Å²) in [5.74, 6) is 1.79. The second-order valence-corrected chi connectivity index (χ2v) is 13.0. The van der Waals surface area contributed by atoms with E-state index in [2.05, 4.69) is 146 Å². The van der Waals surface area contributed by atoms with Crippen molar-refractivity contribution in [3.63, 3.8) is 0 Å². The van der Waals surface area contributed by atoms with Gasteiger partial charge in [-0.25, -0.2) is 19.9 Å². The number of fused-ring (bicyclic) bond motifs is 4. The largest absolute Gasteiger partial charge is 0.256 e. The smallest absolute Gasteiger partial charge is 0.164 e. The molecule has 0 bridgehead atoms. The lowest BCUT2D eigenvalue weighted by molar-refractivity contribution is 1.07. The third kappa shape index (κ3) is 5.51. The molecule has 0 unspecified atom stereocenters. The maximum atomic E-state index is 5.17. The van der Waals surface area contributed by atoms with Gasteiger partial charge in [-0.3, -0.25) is 4.98 Å². The third-order valence-electron chi connectivity index (χ3n) is 9.66. The van der Waals surface area contributed by atoms with Crippen LogP contribution in [0.4, 0.5) is 0 Å². The first kappa shape index (κ1) is 29.8. The highest BCUT2D eigenvalue weighted by atomic mass is 15.0. The van der Waals surface area contributed by atoms with E-state index in [1.807, 2.05) is 30.5 Å². The zero-order valence-electron chi connectivity index (χ0n) is 28.0. The van der Waals surface area contributed by atoms with Gasteiger partial charge in [-0.15, -0.1) is 0 Å². The van der Waals surface area contributed by atoms with E-state index in [9.17, 15) is 0 Å². The summed E-state index contributed by atoms with van der Waals surface area (Å²) in [6.07, 6.45) is 1.93. The number of pyridine rings is 2. The Bertz CT molecular complexity index is 2590. The molecule has 0 aliphatic carbocycles. The molecular weight excluding hydrogens is 635 g/mol. The van der Waals surface area contributed by atoms with Crippen molar-refractivity contribution in [3.8, 4) is 56.7 Å². The number of rotatable bonds is 5. The second-order valence-electron chi connectivity index (χ2n) is 13.0. The lowest BCUT2D eigenvalue weighted by Gasteiger charge is -2.13. The maximum absolute atomic E-state index is 5.17. The minimum Gasteiger partial charge on any atom is -0.256 e. The van der Waals surface area contributed by atoms with Crippen molar-refractivity contribution < 1.29 is 0 Å². The summed E-state index contributed by atoms with van der Waals surface area (Å²) < 4.78 is 0. The van der Waals surface area contributed by atoms with Gasteiger partial charge in [-0.1, -0.05) is 121 Å². The Morgan fingerprint density at radius 2 is 0.731 bits per heavy atom. The molecular formula is C47H29N5. The zero-order chi connectivity index (χ0) is 34.4. The van der Waals surface area contributed by atoms with E-state index in [4.69, 9.17) is 24.9 Å². The highest BCUT2D eigenvalue weighted by Crippen LogP contribution is 2.34. The van der Waals surface area contributed by atoms with Crippen molar-refractivity contribution in [3.05, 3.63) is 176 Å². The SMILES string of the molecule is c1ccc2cc(-c3nc(-c4cc(-c5cc6ccccc6cn5)cc(-c5ccc6ccccc6n5)c4)nc(-c4ccc5ccccc5c4)n3)ccc2c1. The molecule has 5 nitrogen and oxygen atoms in total. The fourth-order valence-electron chi connectivity index (χ4n) is 6.94. The maximum Gasteiger partial charge on any atom is 0.164 e. The lowest BCUT2D eigenvalue weighted by Crippen LogP contribution is -2.01. The molecule has 0 spiro atoms. The van der Waals surface area contributed by atoms with Gasteiger partial charge in [0, 0.05) is 44.8 Å². The van der Waals surface area contributed by atoms with Crippen LogP contribution in [0.2, 0.25) is 0 Å². The number of benzene rings is 7. The average Bonchev–Trinajstić information content (AvgIpc) is 3.22. The fourth-order valence-corrected chi connectivity index (χ4v) is 6.94. The van der Waals surface area contributed by atoms with Crippen LogP contribution in [0.15, 0.2) is 176 Å². The Hall–Kier alpha value is -7.11. The van der Waals surface area contributed by atoms with E-state index in [0.29, 0.717) is 17.5 Å². The molecule has 0 radical (unpaired) electrons. The second kappa shape index (κ2) is 12.3. The van der Waals surface area contributed by atoms with Crippen LogP contribution in [-0.4, -0.2) is 24.9 Å². The van der Waals surface area contributed by atoms with E-state index in [1.54, 1.807) is 0 Å². The summed E-state index contributed by atoms with van der Waals surface area (Å²) in [4.78, 5) is 25.4. The summed E-state index contributed by atoms with van der Waals surface area (Å²) in [5.41, 5.74) is 7.27. The molecule has 3 aromatic heterocycles. The molecule has 5 heteroatoms. The summed E-state index contributed by atoms with van der Waals surface area (Å²) in [5, 5.41) is 7.90. The van der Waals surface area contributed by atoms with E-state index in [0.717, 1.165) is 71.7 Å². The summed E-state index contributed by atoms with van der Waals surface area (Å²) in [7, 11) is 0. The predicted octanol–water partition coefficient (Wildman–Crippen LogP) is 11.6. The van der Waals surface area contributed by atoms with Crippen LogP contribution in [0.5, 0.6) is 0 Å². The van der Waals surface area contributed by atoms with Crippen LogP contribution in [0.3, 0.4) is 0 Å². The van der Waals surface area contributed by atoms with Crippen LogP contribution < -0.4 is 0 Å². The molecule has 10 rings (SSSR count). The van der Waals surface area contributed by atoms with Crippen LogP contribution in [-0.2, 0) is 0 Å². The van der Waals surface area contributed by atoms with Gasteiger partial charge in [0.1, 0.15) is 0 Å². The number of aromatic nitrogens is 5. The van der Waals surface area contributed by atoms with E-state index < -0.39 is 0 Å². The van der Waals surface area contributed by atoms with Crippen molar-refractivity contribution in [2.75, 3.05) is 0 Å². The van der Waals surface area contributed by atoms with Crippen molar-refractivity contribution in [2.45, 2.75) is 0 Å².